The molecule has 0 N–H and O–H groups in total. The molecule has 34 heavy (non-hydrogen) atoms. The van der Waals surface area contributed by atoms with Gasteiger partial charge in [0, 0.05) is 17.3 Å². The molecule has 0 aliphatic rings. The number of pyridine rings is 1. The molecule has 0 fully saturated rings. The van der Waals surface area contributed by atoms with E-state index in [0.29, 0.717) is 10.8 Å². The van der Waals surface area contributed by atoms with E-state index < -0.39 is 0 Å². The number of benzene rings is 2. The summed E-state index contributed by atoms with van der Waals surface area (Å²) in [4.78, 5) is 4.25. The van der Waals surface area contributed by atoms with Crippen molar-refractivity contribution >= 4 is 0 Å². The van der Waals surface area contributed by atoms with Gasteiger partial charge < -0.3 is 0 Å². The quantitative estimate of drug-likeness (QED) is 0.323. The molecule has 1 heteroatoms. The Morgan fingerprint density at radius 1 is 0.412 bits per heavy atom. The van der Waals surface area contributed by atoms with Crippen molar-refractivity contribution in [2.75, 3.05) is 0 Å². The second-order valence-corrected chi connectivity index (χ2v) is 10.7. The molecule has 0 unspecified atom stereocenters. The third kappa shape index (κ3) is 15.4. The summed E-state index contributed by atoms with van der Waals surface area (Å²) >= 11 is 0. The maximum absolute atomic E-state index is 4.25. The van der Waals surface area contributed by atoms with Gasteiger partial charge in [0.05, 0.1) is 0 Å². The number of aromatic nitrogens is 1. The Morgan fingerprint density at radius 3 is 0.912 bits per heavy atom. The van der Waals surface area contributed by atoms with Crippen LogP contribution < -0.4 is 0 Å². The van der Waals surface area contributed by atoms with Gasteiger partial charge in [0.25, 0.3) is 0 Å². The fraction of sp³-hybridized carbons (Fsp3) is 0.485. The molecule has 1 nitrogen and oxygen atoms in total. The fourth-order valence-electron chi connectivity index (χ4n) is 2.68. The zero-order chi connectivity index (χ0) is 26.8. The zero-order valence-corrected chi connectivity index (χ0v) is 24.5. The van der Waals surface area contributed by atoms with Crippen LogP contribution in [0.1, 0.15) is 107 Å². The SMILES string of the molecule is CC.CC.CC(C)(C)c1ccccc1.CC(C)(C)c1ccccc1.CC(C)(C)c1ccccn1. The largest absolute Gasteiger partial charge is 0.261 e. The van der Waals surface area contributed by atoms with Crippen LogP contribution in [0.3, 0.4) is 0 Å². The molecule has 0 spiro atoms. The lowest BCUT2D eigenvalue weighted by atomic mass is 9.87. The van der Waals surface area contributed by atoms with E-state index in [2.05, 4.69) is 134 Å². The molecule has 0 amide bonds. The molecule has 0 bridgehead atoms. The molecular weight excluding hydrogens is 410 g/mol. The van der Waals surface area contributed by atoms with E-state index in [1.807, 2.05) is 46.0 Å². The predicted octanol–water partition coefficient (Wildman–Crippen LogP) is 10.4. The second kappa shape index (κ2) is 17.1. The van der Waals surface area contributed by atoms with Crippen molar-refractivity contribution in [2.45, 2.75) is 106 Å². The molecule has 0 aliphatic heterocycles. The van der Waals surface area contributed by atoms with E-state index in [4.69, 9.17) is 0 Å². The summed E-state index contributed by atoms with van der Waals surface area (Å²) in [5, 5.41) is 0. The van der Waals surface area contributed by atoms with Crippen molar-refractivity contribution in [3.8, 4) is 0 Å². The average Bonchev–Trinajstić information content (AvgIpc) is 2.83. The van der Waals surface area contributed by atoms with Crippen LogP contribution in [-0.4, -0.2) is 4.98 Å². The monoisotopic (exact) mass is 463 g/mol. The van der Waals surface area contributed by atoms with E-state index in [9.17, 15) is 0 Å². The summed E-state index contributed by atoms with van der Waals surface area (Å²) in [5.41, 5.74) is 4.71. The van der Waals surface area contributed by atoms with Gasteiger partial charge in [-0.2, -0.15) is 0 Å². The van der Waals surface area contributed by atoms with Crippen molar-refractivity contribution in [1.29, 1.82) is 0 Å². The van der Waals surface area contributed by atoms with Crippen LogP contribution in [0, 0.1) is 0 Å². The van der Waals surface area contributed by atoms with Crippen LogP contribution >= 0.6 is 0 Å². The Balaban J connectivity index is 0. The standard InChI is InChI=1S/2C10H14.C9H13N.2C2H6/c2*1-10(2,3)9-7-5-4-6-8-9;1-9(2,3)8-6-4-5-7-10-8;2*1-2/h2*4-8H,1-3H3;4-7H,1-3H3;2*1-2H3. The molecule has 190 valence electrons. The minimum Gasteiger partial charge on any atom is -0.261 e. The molecule has 0 atom stereocenters. The smallest absolute Gasteiger partial charge is 0.0457 e. The molecule has 0 saturated carbocycles. The molecule has 1 aromatic heterocycles. The molecule has 0 saturated heterocycles. The molecule has 3 aromatic rings. The third-order valence-corrected chi connectivity index (χ3v) is 4.71. The summed E-state index contributed by atoms with van der Waals surface area (Å²) in [6, 6.07) is 27.1. The summed E-state index contributed by atoms with van der Waals surface area (Å²) in [6.45, 7) is 27.8. The van der Waals surface area contributed by atoms with Gasteiger partial charge >= 0.3 is 0 Å². The lowest BCUT2D eigenvalue weighted by Gasteiger charge is -2.18. The molecule has 3 rings (SSSR count). The van der Waals surface area contributed by atoms with Gasteiger partial charge in [-0.15, -0.1) is 0 Å². The normalized spacial score (nSPS) is 10.5. The van der Waals surface area contributed by atoms with Crippen LogP contribution in [-0.2, 0) is 16.2 Å². The highest BCUT2D eigenvalue weighted by molar-refractivity contribution is 5.22. The Labute approximate surface area is 213 Å². The maximum atomic E-state index is 4.25. The van der Waals surface area contributed by atoms with Gasteiger partial charge in [0.1, 0.15) is 0 Å². The minimum atomic E-state index is 0.182. The average molecular weight is 464 g/mol. The van der Waals surface area contributed by atoms with Gasteiger partial charge in [-0.05, 0) is 34.1 Å². The highest BCUT2D eigenvalue weighted by Gasteiger charge is 2.13. The lowest BCUT2D eigenvalue weighted by Crippen LogP contribution is -2.12. The first kappa shape index (κ1) is 33.8. The topological polar surface area (TPSA) is 12.9 Å². The van der Waals surface area contributed by atoms with E-state index in [0.717, 1.165) is 5.69 Å². The van der Waals surface area contributed by atoms with Crippen molar-refractivity contribution in [2.24, 2.45) is 0 Å². The summed E-state index contributed by atoms with van der Waals surface area (Å²) in [6.07, 6.45) is 1.83. The first-order chi connectivity index (χ1) is 15.8. The lowest BCUT2D eigenvalue weighted by molar-refractivity contribution is 0.569. The Hall–Kier alpha value is -2.41. The van der Waals surface area contributed by atoms with Crippen LogP contribution in [0.2, 0.25) is 0 Å². The van der Waals surface area contributed by atoms with Gasteiger partial charge in [-0.1, -0.05) is 157 Å². The third-order valence-electron chi connectivity index (χ3n) is 4.71. The summed E-state index contributed by atoms with van der Waals surface area (Å²) in [7, 11) is 0. The number of nitrogens with zero attached hydrogens (tertiary/aromatic N) is 1. The Bertz CT molecular complexity index is 697. The zero-order valence-electron chi connectivity index (χ0n) is 24.5. The number of rotatable bonds is 0. The molecular formula is C33H53N. The first-order valence-electron chi connectivity index (χ1n) is 12.8. The van der Waals surface area contributed by atoms with Crippen molar-refractivity contribution in [3.63, 3.8) is 0 Å². The summed E-state index contributed by atoms with van der Waals surface area (Å²) in [5.74, 6) is 0. The molecule has 1 heterocycles. The van der Waals surface area contributed by atoms with Crippen LogP contribution in [0.5, 0.6) is 0 Å². The van der Waals surface area contributed by atoms with Gasteiger partial charge in [0.15, 0.2) is 0 Å². The number of hydrogen-bond acceptors (Lipinski definition) is 1. The van der Waals surface area contributed by atoms with Crippen molar-refractivity contribution in [3.05, 3.63) is 102 Å². The second-order valence-electron chi connectivity index (χ2n) is 10.7. The van der Waals surface area contributed by atoms with E-state index in [1.165, 1.54) is 11.1 Å². The highest BCUT2D eigenvalue weighted by Crippen LogP contribution is 2.21. The van der Waals surface area contributed by atoms with E-state index in [1.54, 1.807) is 0 Å². The Kier molecular flexibility index (Phi) is 17.0. The Morgan fingerprint density at radius 2 is 0.735 bits per heavy atom. The summed E-state index contributed by atoms with van der Waals surface area (Å²) < 4.78 is 0. The number of hydrogen-bond donors (Lipinski definition) is 0. The fourth-order valence-corrected chi connectivity index (χ4v) is 2.68. The predicted molar refractivity (Wildman–Crippen MR) is 156 cm³/mol. The molecule has 0 radical (unpaired) electrons. The highest BCUT2D eigenvalue weighted by atomic mass is 14.7. The minimum absolute atomic E-state index is 0.182. The van der Waals surface area contributed by atoms with Crippen molar-refractivity contribution < 1.29 is 0 Å². The van der Waals surface area contributed by atoms with Gasteiger partial charge in [0.2, 0.25) is 0 Å². The molecule has 2 aromatic carbocycles. The maximum Gasteiger partial charge on any atom is 0.0457 e. The van der Waals surface area contributed by atoms with Gasteiger partial charge in [-0.25, -0.2) is 0 Å². The van der Waals surface area contributed by atoms with Crippen LogP contribution in [0.25, 0.3) is 0 Å². The molecule has 0 aliphatic carbocycles. The van der Waals surface area contributed by atoms with Crippen LogP contribution in [0.4, 0.5) is 0 Å². The van der Waals surface area contributed by atoms with Crippen molar-refractivity contribution in [1.82, 2.24) is 4.98 Å². The first-order valence-corrected chi connectivity index (χ1v) is 12.8. The van der Waals surface area contributed by atoms with Crippen LogP contribution in [0.15, 0.2) is 85.1 Å². The van der Waals surface area contributed by atoms with Gasteiger partial charge in [-0.3, -0.25) is 4.98 Å². The van der Waals surface area contributed by atoms with E-state index >= 15 is 0 Å². The van der Waals surface area contributed by atoms with E-state index in [-0.39, 0.29) is 5.41 Å².